The SMILES string of the molecule is Br.COc1ccccc1N(CC(=O)c1ccc2c(c1)OCCO2)C1=NCCS1.COc1ccccc1N1CC(O)(c2ccc3c(c2)OCCO3)[N+]2=C1SCC2.[Br-]. The number of fused-ring (bicyclic) bond motifs is 2. The van der Waals surface area contributed by atoms with Crippen molar-refractivity contribution in [2.45, 2.75) is 5.72 Å². The summed E-state index contributed by atoms with van der Waals surface area (Å²) < 4.78 is 35.6. The van der Waals surface area contributed by atoms with Crippen LogP contribution in [-0.4, -0.2) is 104 Å². The van der Waals surface area contributed by atoms with E-state index in [1.54, 1.807) is 55.9 Å². The molecule has 9 rings (SSSR count). The zero-order valence-corrected chi connectivity index (χ0v) is 35.8. The number of hydrogen-bond donors (Lipinski definition) is 1. The molecule has 0 aliphatic carbocycles. The first kappa shape index (κ1) is 41.5. The highest BCUT2D eigenvalue weighted by Crippen LogP contribution is 2.43. The van der Waals surface area contributed by atoms with Crippen LogP contribution < -0.4 is 55.2 Å². The molecule has 5 aliphatic rings. The molecule has 296 valence electrons. The van der Waals surface area contributed by atoms with E-state index in [0.717, 1.165) is 63.4 Å². The van der Waals surface area contributed by atoms with E-state index >= 15 is 0 Å². The summed E-state index contributed by atoms with van der Waals surface area (Å²) in [5.74, 6) is 6.05. The number of Topliss-reactive ketones (excluding diaryl/α,β-unsaturated/α-hetero) is 1. The van der Waals surface area contributed by atoms with Crippen molar-refractivity contribution in [3.05, 3.63) is 96.1 Å². The summed E-state index contributed by atoms with van der Waals surface area (Å²) in [6.07, 6.45) is 0. The first-order chi connectivity index (χ1) is 26.5. The number of aliphatic hydroxyl groups is 1. The number of carbonyl (C=O) groups is 1. The Balaban J connectivity index is 0.000000183. The average molecular weight is 931 g/mol. The number of carbonyl (C=O) groups excluding carboxylic acids is 1. The third-order valence-corrected chi connectivity index (χ3v) is 11.6. The third-order valence-electron chi connectivity index (χ3n) is 9.56. The van der Waals surface area contributed by atoms with Gasteiger partial charge < -0.3 is 55.4 Å². The number of para-hydroxylation sites is 4. The van der Waals surface area contributed by atoms with Gasteiger partial charge in [0.15, 0.2) is 51.9 Å². The van der Waals surface area contributed by atoms with E-state index in [-0.39, 0.29) is 46.3 Å². The molecule has 0 saturated heterocycles. The minimum Gasteiger partial charge on any atom is -1.00 e. The first-order valence-electron chi connectivity index (χ1n) is 17.8. The molecule has 0 saturated carbocycles. The van der Waals surface area contributed by atoms with Gasteiger partial charge in [0.1, 0.15) is 32.2 Å². The summed E-state index contributed by atoms with van der Waals surface area (Å²) in [6, 6.07) is 26.6. The Labute approximate surface area is 355 Å². The highest BCUT2D eigenvalue weighted by Gasteiger charge is 2.55. The maximum atomic E-state index is 13.0. The number of hydrogen-bond acceptors (Lipinski definition) is 13. The quantitative estimate of drug-likeness (QED) is 0.207. The number of methoxy groups -OCH3 is 2. The molecule has 1 N–H and O–H groups in total. The van der Waals surface area contributed by atoms with Crippen LogP contribution in [0.25, 0.3) is 0 Å². The summed E-state index contributed by atoms with van der Waals surface area (Å²) in [5.41, 5.74) is 2.06. The molecule has 12 nitrogen and oxygen atoms in total. The van der Waals surface area contributed by atoms with E-state index in [2.05, 4.69) is 14.5 Å². The number of rotatable bonds is 8. The number of halogens is 2. The van der Waals surface area contributed by atoms with Crippen molar-refractivity contribution < 1.29 is 59.9 Å². The van der Waals surface area contributed by atoms with Gasteiger partial charge >= 0.3 is 5.17 Å². The highest BCUT2D eigenvalue weighted by molar-refractivity contribution is 8.93. The molecule has 5 aliphatic heterocycles. The van der Waals surface area contributed by atoms with E-state index in [1.807, 2.05) is 71.6 Å². The minimum absolute atomic E-state index is 0. The number of amidine groups is 2. The molecule has 1 unspecified atom stereocenters. The Morgan fingerprint density at radius 3 is 2.18 bits per heavy atom. The summed E-state index contributed by atoms with van der Waals surface area (Å²) in [6.45, 7) is 4.24. The van der Waals surface area contributed by atoms with Crippen LogP contribution in [0.4, 0.5) is 11.4 Å². The third kappa shape index (κ3) is 8.30. The van der Waals surface area contributed by atoms with Crippen molar-refractivity contribution in [2.75, 3.05) is 88.1 Å². The lowest BCUT2D eigenvalue weighted by atomic mass is 10.0. The molecule has 4 aromatic rings. The summed E-state index contributed by atoms with van der Waals surface area (Å²) in [4.78, 5) is 21.7. The van der Waals surface area contributed by atoms with Crippen molar-refractivity contribution in [2.24, 2.45) is 4.99 Å². The Hall–Kier alpha value is -4.09. The van der Waals surface area contributed by atoms with E-state index in [0.29, 0.717) is 61.5 Å². The number of β-amino-alcohol motifs (C(OH)–C–C–N with tert-alkyl or cyclic N) is 1. The highest BCUT2D eigenvalue weighted by atomic mass is 79.9. The Morgan fingerprint density at radius 1 is 0.839 bits per heavy atom. The number of benzene rings is 4. The lowest BCUT2D eigenvalue weighted by molar-refractivity contribution is -0.650. The van der Waals surface area contributed by atoms with Crippen LogP contribution in [-0.2, 0) is 5.72 Å². The predicted octanol–water partition coefficient (Wildman–Crippen LogP) is 3.09. The summed E-state index contributed by atoms with van der Waals surface area (Å²) >= 11 is 3.41. The fraction of sp³-hybridized carbons (Fsp3) is 0.325. The van der Waals surface area contributed by atoms with Crippen LogP contribution in [0.1, 0.15) is 15.9 Å². The number of aliphatic imine (C=N–C) groups is 1. The fourth-order valence-electron chi connectivity index (χ4n) is 6.97. The molecule has 16 heteroatoms. The van der Waals surface area contributed by atoms with Crippen LogP contribution in [0.2, 0.25) is 0 Å². The van der Waals surface area contributed by atoms with Crippen LogP contribution in [0.3, 0.4) is 0 Å². The van der Waals surface area contributed by atoms with Crippen molar-refractivity contribution in [1.29, 1.82) is 0 Å². The van der Waals surface area contributed by atoms with Gasteiger partial charge in [0.05, 0.1) is 39.5 Å². The van der Waals surface area contributed by atoms with Gasteiger partial charge in [0, 0.05) is 22.6 Å². The molecule has 0 amide bonds. The summed E-state index contributed by atoms with van der Waals surface area (Å²) in [7, 11) is 3.30. The number of anilines is 2. The zero-order chi connectivity index (χ0) is 37.1. The molecule has 56 heavy (non-hydrogen) atoms. The van der Waals surface area contributed by atoms with E-state index in [9.17, 15) is 9.90 Å². The minimum atomic E-state index is -1.13. The molecule has 0 fully saturated rings. The molecular weight excluding hydrogens is 888 g/mol. The Morgan fingerprint density at radius 2 is 1.48 bits per heavy atom. The predicted molar refractivity (Wildman–Crippen MR) is 221 cm³/mol. The molecule has 0 radical (unpaired) electrons. The van der Waals surface area contributed by atoms with Crippen LogP contribution in [0, 0.1) is 0 Å². The normalized spacial score (nSPS) is 18.7. The average Bonchev–Trinajstić information content (AvgIpc) is 4.00. The van der Waals surface area contributed by atoms with Gasteiger partial charge in [0.2, 0.25) is 0 Å². The van der Waals surface area contributed by atoms with Crippen molar-refractivity contribution in [3.63, 3.8) is 0 Å². The summed E-state index contributed by atoms with van der Waals surface area (Å²) in [5, 5.41) is 13.6. The fourth-order valence-corrected chi connectivity index (χ4v) is 9.01. The standard InChI is InChI=1S/C20H21N2O4S.C20H20N2O4S.2BrH/c1-24-16-5-3-2-4-15(16)21-13-20(23,22-8-11-27-19(21)22)14-6-7-17-18(12-14)26-10-9-25-17;1-24-17-5-3-2-4-15(17)22(20-21-8-11-27-20)13-16(23)14-6-7-18-19(12-14)26-10-9-25-18;;/h2-7,12,23H,8-11,13H2,1H3;2-7,12H,8-11,13H2,1H3;2*1H/q+1;;;/p-1. The van der Waals surface area contributed by atoms with Crippen LogP contribution in [0.15, 0.2) is 89.9 Å². The topological polar surface area (TPSA) is 115 Å². The first-order valence-corrected chi connectivity index (χ1v) is 19.7. The monoisotopic (exact) mass is 928 g/mol. The molecule has 0 aromatic heterocycles. The van der Waals surface area contributed by atoms with E-state index in [4.69, 9.17) is 28.4 Å². The lowest BCUT2D eigenvalue weighted by Crippen LogP contribution is -3.00. The van der Waals surface area contributed by atoms with Gasteiger partial charge in [-0.15, -0.1) is 17.0 Å². The zero-order valence-electron chi connectivity index (χ0n) is 30.9. The van der Waals surface area contributed by atoms with Gasteiger partial charge in [0.25, 0.3) is 5.72 Å². The molecular formula is C40H42Br2N4O8S2. The van der Waals surface area contributed by atoms with Gasteiger partial charge in [-0.1, -0.05) is 36.0 Å². The maximum Gasteiger partial charge on any atom is 0.316 e. The van der Waals surface area contributed by atoms with Crippen LogP contribution >= 0.6 is 40.5 Å². The van der Waals surface area contributed by atoms with E-state index in [1.165, 1.54) is 0 Å². The van der Waals surface area contributed by atoms with Crippen molar-refractivity contribution in [3.8, 4) is 34.5 Å². The second-order valence-electron chi connectivity index (χ2n) is 12.8. The molecule has 0 spiro atoms. The number of thioether (sulfide) groups is 2. The second-order valence-corrected chi connectivity index (χ2v) is 14.9. The number of ether oxygens (including phenoxy) is 6. The van der Waals surface area contributed by atoms with Gasteiger partial charge in [-0.25, -0.2) is 9.48 Å². The van der Waals surface area contributed by atoms with Gasteiger partial charge in [-0.05, 0) is 72.4 Å². The molecule has 4 aromatic carbocycles. The van der Waals surface area contributed by atoms with Gasteiger partial charge in [-0.3, -0.25) is 9.79 Å². The maximum absolute atomic E-state index is 13.0. The molecule has 5 heterocycles. The lowest BCUT2D eigenvalue weighted by Gasteiger charge is -2.25. The number of nitrogens with zero attached hydrogens (tertiary/aromatic N) is 4. The Kier molecular flexibility index (Phi) is 13.7. The van der Waals surface area contributed by atoms with Crippen molar-refractivity contribution in [1.82, 2.24) is 0 Å². The van der Waals surface area contributed by atoms with E-state index < -0.39 is 5.72 Å². The largest absolute Gasteiger partial charge is 1.00 e. The van der Waals surface area contributed by atoms with Gasteiger partial charge in [-0.2, -0.15) is 0 Å². The van der Waals surface area contributed by atoms with Crippen LogP contribution in [0.5, 0.6) is 34.5 Å². The smallest absolute Gasteiger partial charge is 0.316 e. The number of ketones is 1. The van der Waals surface area contributed by atoms with Crippen molar-refractivity contribution >= 4 is 68.0 Å². The second kappa shape index (κ2) is 18.4. The Bertz CT molecular complexity index is 2120. The molecule has 0 bridgehead atoms. The molecule has 1 atom stereocenters.